The van der Waals surface area contributed by atoms with E-state index in [-0.39, 0.29) is 18.5 Å². The first-order valence-corrected chi connectivity index (χ1v) is 8.63. The minimum Gasteiger partial charge on any atom is -0.493 e. The average molecular weight is 409 g/mol. The third-order valence-corrected chi connectivity index (χ3v) is 4.44. The Labute approximate surface area is 164 Å². The van der Waals surface area contributed by atoms with E-state index in [0.29, 0.717) is 33.9 Å². The highest BCUT2D eigenvalue weighted by molar-refractivity contribution is 6.63. The molecular weight excluding hydrogens is 391 g/mol. The molecule has 0 bridgehead atoms. The molecule has 0 saturated carbocycles. The zero-order valence-electron chi connectivity index (χ0n) is 15.5. The van der Waals surface area contributed by atoms with Gasteiger partial charge in [-0.3, -0.25) is 9.36 Å². The van der Waals surface area contributed by atoms with Gasteiger partial charge in [0.15, 0.2) is 11.5 Å². The lowest BCUT2D eigenvalue weighted by atomic mass is 10.1. The molecule has 0 aliphatic carbocycles. The second kappa shape index (κ2) is 7.93. The maximum Gasteiger partial charge on any atom is 0.326 e. The first-order valence-electron chi connectivity index (χ1n) is 8.26. The monoisotopic (exact) mass is 408 g/mol. The van der Waals surface area contributed by atoms with Gasteiger partial charge in [0.2, 0.25) is 11.0 Å². The number of halogens is 2. The molecule has 3 rings (SSSR count). The minimum atomic E-state index is -0.653. The number of aromatic nitrogens is 2. The number of carbonyl (C=O) groups excluding carboxylic acids is 1. The van der Waals surface area contributed by atoms with Crippen molar-refractivity contribution in [2.45, 2.75) is 13.0 Å². The summed E-state index contributed by atoms with van der Waals surface area (Å²) in [5.74, 6) is 0.732. The number of imidazole rings is 1. The van der Waals surface area contributed by atoms with Gasteiger partial charge in [-0.25, -0.2) is 9.18 Å². The summed E-state index contributed by atoms with van der Waals surface area (Å²) in [6, 6.07) is 5.82. The van der Waals surface area contributed by atoms with Crippen LogP contribution in [0, 0.1) is 5.82 Å². The summed E-state index contributed by atoms with van der Waals surface area (Å²) < 4.78 is 31.2. The van der Waals surface area contributed by atoms with Gasteiger partial charge in [-0.15, -0.1) is 0 Å². The standard InChI is InChI=1S/C19H18ClFN2O5/c1-26-14-4-10(5-15(27-2)18(14)28-3)9-23-17-11(7-16(20)24)6-12(21)8-13(17)22-19(23)25/h4-6,8H,7,9H2,1-3H3,(H,22,25). The summed E-state index contributed by atoms with van der Waals surface area (Å²) in [6.45, 7) is 0.130. The highest BCUT2D eigenvalue weighted by Crippen LogP contribution is 2.38. The van der Waals surface area contributed by atoms with Gasteiger partial charge in [-0.2, -0.15) is 0 Å². The molecule has 0 radical (unpaired) electrons. The molecule has 0 fully saturated rings. The molecule has 28 heavy (non-hydrogen) atoms. The smallest absolute Gasteiger partial charge is 0.326 e. The number of ether oxygens (including phenoxy) is 3. The van der Waals surface area contributed by atoms with Gasteiger partial charge in [0, 0.05) is 6.42 Å². The van der Waals surface area contributed by atoms with Crippen LogP contribution in [0.15, 0.2) is 29.1 Å². The summed E-state index contributed by atoms with van der Waals surface area (Å²) in [5.41, 5.74) is 1.25. The van der Waals surface area contributed by atoms with Crippen molar-refractivity contribution < 1.29 is 23.4 Å². The summed E-state index contributed by atoms with van der Waals surface area (Å²) in [4.78, 5) is 26.5. The number of benzene rings is 2. The summed E-state index contributed by atoms with van der Waals surface area (Å²) in [5, 5.41) is -0.653. The molecule has 148 valence electrons. The number of hydrogen-bond acceptors (Lipinski definition) is 5. The van der Waals surface area contributed by atoms with Crippen LogP contribution in [0.25, 0.3) is 11.0 Å². The van der Waals surface area contributed by atoms with Crippen molar-refractivity contribution in [3.63, 3.8) is 0 Å². The Morgan fingerprint density at radius 1 is 1.11 bits per heavy atom. The van der Waals surface area contributed by atoms with Crippen LogP contribution < -0.4 is 19.9 Å². The van der Waals surface area contributed by atoms with Gasteiger partial charge < -0.3 is 19.2 Å². The van der Waals surface area contributed by atoms with Gasteiger partial charge in [-0.1, -0.05) is 0 Å². The topological polar surface area (TPSA) is 82.6 Å². The Morgan fingerprint density at radius 2 is 1.75 bits per heavy atom. The molecule has 0 aliphatic heterocycles. The molecule has 0 aliphatic rings. The Balaban J connectivity index is 2.16. The second-order valence-electron chi connectivity index (χ2n) is 6.04. The molecule has 7 nitrogen and oxygen atoms in total. The van der Waals surface area contributed by atoms with E-state index in [9.17, 15) is 14.0 Å². The maximum absolute atomic E-state index is 13.9. The van der Waals surface area contributed by atoms with Crippen LogP contribution >= 0.6 is 11.6 Å². The predicted molar refractivity (Wildman–Crippen MR) is 102 cm³/mol. The van der Waals surface area contributed by atoms with E-state index in [0.717, 1.165) is 0 Å². The first kappa shape index (κ1) is 19.8. The number of fused-ring (bicyclic) bond motifs is 1. The summed E-state index contributed by atoms with van der Waals surface area (Å²) >= 11 is 5.49. The van der Waals surface area contributed by atoms with Crippen molar-refractivity contribution >= 4 is 27.9 Å². The van der Waals surface area contributed by atoms with E-state index in [1.807, 2.05) is 0 Å². The molecule has 3 aromatic rings. The van der Waals surface area contributed by atoms with Gasteiger partial charge in [0.1, 0.15) is 5.82 Å². The molecule has 1 aromatic heterocycles. The number of methoxy groups -OCH3 is 3. The lowest BCUT2D eigenvalue weighted by Crippen LogP contribution is -2.18. The fourth-order valence-corrected chi connectivity index (χ4v) is 3.34. The number of nitrogens with zero attached hydrogens (tertiary/aromatic N) is 1. The fourth-order valence-electron chi connectivity index (χ4n) is 3.20. The Hall–Kier alpha value is -3.00. The van der Waals surface area contributed by atoms with Crippen LogP contribution in [0.3, 0.4) is 0 Å². The van der Waals surface area contributed by atoms with E-state index >= 15 is 0 Å². The third-order valence-electron chi connectivity index (χ3n) is 4.30. The minimum absolute atomic E-state index is 0.130. The predicted octanol–water partition coefficient (Wildman–Crippen LogP) is 2.85. The number of nitrogens with one attached hydrogen (secondary N) is 1. The number of H-pyrrole nitrogens is 1. The average Bonchev–Trinajstić information content (AvgIpc) is 2.95. The number of rotatable bonds is 7. The highest BCUT2D eigenvalue weighted by atomic mass is 35.5. The van der Waals surface area contributed by atoms with Crippen LogP contribution in [0.2, 0.25) is 0 Å². The molecule has 2 aromatic carbocycles. The lowest BCUT2D eigenvalue weighted by Gasteiger charge is -2.15. The Kier molecular flexibility index (Phi) is 5.60. The van der Waals surface area contributed by atoms with Gasteiger partial charge in [0.05, 0.1) is 38.9 Å². The van der Waals surface area contributed by atoms with Crippen LogP contribution in [-0.4, -0.2) is 36.1 Å². The number of hydrogen-bond donors (Lipinski definition) is 1. The zero-order valence-corrected chi connectivity index (χ0v) is 16.2. The van der Waals surface area contributed by atoms with Crippen LogP contribution in [0.5, 0.6) is 17.2 Å². The first-order chi connectivity index (χ1) is 13.4. The Morgan fingerprint density at radius 3 is 2.29 bits per heavy atom. The van der Waals surface area contributed by atoms with Crippen molar-refractivity contribution in [3.05, 3.63) is 51.7 Å². The van der Waals surface area contributed by atoms with E-state index in [2.05, 4.69) is 4.98 Å². The van der Waals surface area contributed by atoms with E-state index in [1.54, 1.807) is 12.1 Å². The molecular formula is C19H18ClFN2O5. The molecule has 9 heteroatoms. The van der Waals surface area contributed by atoms with E-state index < -0.39 is 16.7 Å². The van der Waals surface area contributed by atoms with Crippen LogP contribution in [-0.2, 0) is 17.8 Å². The third kappa shape index (κ3) is 3.68. The molecule has 0 unspecified atom stereocenters. The molecule has 0 amide bonds. The molecule has 1 N–H and O–H groups in total. The molecule has 0 atom stereocenters. The van der Waals surface area contributed by atoms with Crippen molar-refractivity contribution in [2.75, 3.05) is 21.3 Å². The molecule has 0 saturated heterocycles. The van der Waals surface area contributed by atoms with Crippen LogP contribution in [0.1, 0.15) is 11.1 Å². The normalized spacial score (nSPS) is 10.9. The highest BCUT2D eigenvalue weighted by Gasteiger charge is 2.18. The summed E-state index contributed by atoms with van der Waals surface area (Å²) in [7, 11) is 4.48. The quantitative estimate of drug-likeness (QED) is 0.608. The Bertz CT molecular complexity index is 1080. The summed E-state index contributed by atoms with van der Waals surface area (Å²) in [6.07, 6.45) is -0.206. The van der Waals surface area contributed by atoms with E-state index in [1.165, 1.54) is 38.0 Å². The van der Waals surface area contributed by atoms with Crippen molar-refractivity contribution in [1.29, 1.82) is 0 Å². The van der Waals surface area contributed by atoms with Crippen molar-refractivity contribution in [1.82, 2.24) is 9.55 Å². The van der Waals surface area contributed by atoms with Crippen molar-refractivity contribution in [2.24, 2.45) is 0 Å². The van der Waals surface area contributed by atoms with Crippen LogP contribution in [0.4, 0.5) is 4.39 Å². The van der Waals surface area contributed by atoms with Gasteiger partial charge >= 0.3 is 5.69 Å². The molecule has 1 heterocycles. The second-order valence-corrected chi connectivity index (χ2v) is 6.46. The van der Waals surface area contributed by atoms with Crippen molar-refractivity contribution in [3.8, 4) is 17.2 Å². The zero-order chi connectivity index (χ0) is 20.4. The number of carbonyl (C=O) groups is 1. The fraction of sp³-hybridized carbons (Fsp3) is 0.263. The largest absolute Gasteiger partial charge is 0.493 e. The van der Waals surface area contributed by atoms with Gasteiger partial charge in [0.25, 0.3) is 0 Å². The SMILES string of the molecule is COc1cc(Cn2c(=O)[nH]c3cc(F)cc(CC(=O)Cl)c32)cc(OC)c1OC. The lowest BCUT2D eigenvalue weighted by molar-refractivity contribution is -0.111. The number of aromatic amines is 1. The van der Waals surface area contributed by atoms with E-state index in [4.69, 9.17) is 25.8 Å². The van der Waals surface area contributed by atoms with Gasteiger partial charge in [-0.05, 0) is 47.0 Å². The molecule has 0 spiro atoms. The maximum atomic E-state index is 13.9.